The summed E-state index contributed by atoms with van der Waals surface area (Å²) in [5, 5.41) is 24.1. The van der Waals surface area contributed by atoms with Crippen LogP contribution in [0.1, 0.15) is 20.8 Å². The molecule has 1 aromatic heterocycles. The molecular formula is C12H24N6O2. The lowest BCUT2D eigenvalue weighted by Crippen LogP contribution is -2.27. The minimum absolute atomic E-state index is 0.184. The fraction of sp³-hybridized carbons (Fsp3) is 0.750. The van der Waals surface area contributed by atoms with Gasteiger partial charge in [0.2, 0.25) is 17.8 Å². The lowest BCUT2D eigenvalue weighted by molar-refractivity contribution is 0.105. The monoisotopic (exact) mass is 284 g/mol. The highest BCUT2D eigenvalue weighted by atomic mass is 16.3. The van der Waals surface area contributed by atoms with E-state index in [2.05, 4.69) is 25.6 Å². The van der Waals surface area contributed by atoms with Crippen LogP contribution in [0.3, 0.4) is 0 Å². The molecule has 0 aliphatic rings. The van der Waals surface area contributed by atoms with Crippen molar-refractivity contribution in [2.45, 2.75) is 26.9 Å². The Morgan fingerprint density at radius 2 is 1.65 bits per heavy atom. The van der Waals surface area contributed by atoms with Gasteiger partial charge in [0.15, 0.2) is 0 Å². The Morgan fingerprint density at radius 1 is 1.05 bits per heavy atom. The number of hydrogen-bond donors (Lipinski definition) is 4. The minimum Gasteiger partial charge on any atom is -0.394 e. The smallest absolute Gasteiger partial charge is 0.231 e. The Morgan fingerprint density at radius 3 is 2.15 bits per heavy atom. The fourth-order valence-electron chi connectivity index (χ4n) is 1.60. The van der Waals surface area contributed by atoms with Gasteiger partial charge in [-0.2, -0.15) is 15.0 Å². The zero-order valence-electron chi connectivity index (χ0n) is 12.3. The van der Waals surface area contributed by atoms with Crippen molar-refractivity contribution < 1.29 is 10.2 Å². The van der Waals surface area contributed by atoms with E-state index in [1.807, 2.05) is 25.7 Å². The molecule has 0 amide bonds. The van der Waals surface area contributed by atoms with E-state index in [9.17, 15) is 5.11 Å². The van der Waals surface area contributed by atoms with Crippen LogP contribution in [0, 0.1) is 0 Å². The van der Waals surface area contributed by atoms with Gasteiger partial charge in [0.25, 0.3) is 0 Å². The van der Waals surface area contributed by atoms with Crippen LogP contribution in [0.2, 0.25) is 0 Å². The van der Waals surface area contributed by atoms with E-state index in [0.29, 0.717) is 24.4 Å². The number of hydrogen-bond acceptors (Lipinski definition) is 8. The lowest BCUT2D eigenvalue weighted by atomic mass is 10.4. The molecule has 0 saturated carbocycles. The van der Waals surface area contributed by atoms with Gasteiger partial charge in [0.1, 0.15) is 0 Å². The van der Waals surface area contributed by atoms with Gasteiger partial charge >= 0.3 is 0 Å². The van der Waals surface area contributed by atoms with Crippen LogP contribution in [0.15, 0.2) is 0 Å². The van der Waals surface area contributed by atoms with Gasteiger partial charge in [-0.15, -0.1) is 0 Å². The van der Waals surface area contributed by atoms with Crippen molar-refractivity contribution in [2.24, 2.45) is 0 Å². The molecule has 1 atom stereocenters. The molecule has 0 radical (unpaired) electrons. The van der Waals surface area contributed by atoms with Gasteiger partial charge in [-0.25, -0.2) is 0 Å². The number of nitrogens with zero attached hydrogens (tertiary/aromatic N) is 4. The first-order valence-corrected chi connectivity index (χ1v) is 6.92. The number of aromatic nitrogens is 3. The SMILES string of the molecule is CCNc1nc(NCC(O)CO)nc(N(CC)CC)n1. The summed E-state index contributed by atoms with van der Waals surface area (Å²) in [7, 11) is 0. The number of anilines is 3. The highest BCUT2D eigenvalue weighted by molar-refractivity contribution is 5.43. The molecule has 0 bridgehead atoms. The maximum absolute atomic E-state index is 9.35. The van der Waals surface area contributed by atoms with Gasteiger partial charge in [-0.1, -0.05) is 0 Å². The van der Waals surface area contributed by atoms with E-state index in [0.717, 1.165) is 13.1 Å². The Bertz CT molecular complexity index is 400. The van der Waals surface area contributed by atoms with E-state index < -0.39 is 6.10 Å². The average molecular weight is 284 g/mol. The number of aliphatic hydroxyl groups is 2. The lowest BCUT2D eigenvalue weighted by Gasteiger charge is -2.20. The second-order valence-electron chi connectivity index (χ2n) is 4.20. The second-order valence-corrected chi connectivity index (χ2v) is 4.20. The minimum atomic E-state index is -0.841. The van der Waals surface area contributed by atoms with Crippen LogP contribution in [0.4, 0.5) is 17.8 Å². The van der Waals surface area contributed by atoms with E-state index in [4.69, 9.17) is 5.11 Å². The van der Waals surface area contributed by atoms with Crippen LogP contribution in [-0.2, 0) is 0 Å². The van der Waals surface area contributed by atoms with Gasteiger partial charge in [-0.05, 0) is 20.8 Å². The first-order valence-electron chi connectivity index (χ1n) is 6.92. The molecule has 1 unspecified atom stereocenters. The van der Waals surface area contributed by atoms with Crippen molar-refractivity contribution in [3.8, 4) is 0 Å². The summed E-state index contributed by atoms with van der Waals surface area (Å²) in [5.41, 5.74) is 0. The summed E-state index contributed by atoms with van der Waals surface area (Å²) < 4.78 is 0. The predicted octanol–water partition coefficient (Wildman–Crippen LogP) is -0.0853. The van der Waals surface area contributed by atoms with E-state index in [-0.39, 0.29) is 13.2 Å². The van der Waals surface area contributed by atoms with Crippen LogP contribution in [0.5, 0.6) is 0 Å². The maximum atomic E-state index is 9.35. The number of nitrogens with one attached hydrogen (secondary N) is 2. The van der Waals surface area contributed by atoms with Crippen molar-refractivity contribution in [1.82, 2.24) is 15.0 Å². The molecular weight excluding hydrogens is 260 g/mol. The molecule has 0 saturated heterocycles. The first-order chi connectivity index (χ1) is 9.64. The Labute approximate surface area is 119 Å². The van der Waals surface area contributed by atoms with Crippen molar-refractivity contribution in [3.05, 3.63) is 0 Å². The van der Waals surface area contributed by atoms with Gasteiger partial charge in [-0.3, -0.25) is 0 Å². The molecule has 8 heteroatoms. The van der Waals surface area contributed by atoms with E-state index in [1.54, 1.807) is 0 Å². The zero-order valence-corrected chi connectivity index (χ0v) is 12.3. The third-order valence-electron chi connectivity index (χ3n) is 2.71. The molecule has 1 rings (SSSR count). The number of rotatable bonds is 9. The van der Waals surface area contributed by atoms with E-state index in [1.165, 1.54) is 0 Å². The van der Waals surface area contributed by atoms with Crippen molar-refractivity contribution in [3.63, 3.8) is 0 Å². The molecule has 0 aliphatic carbocycles. The molecule has 20 heavy (non-hydrogen) atoms. The Kier molecular flexibility index (Phi) is 6.96. The molecule has 8 nitrogen and oxygen atoms in total. The molecule has 0 aliphatic heterocycles. The summed E-state index contributed by atoms with van der Waals surface area (Å²) in [5.74, 6) is 1.46. The van der Waals surface area contributed by atoms with E-state index >= 15 is 0 Å². The van der Waals surface area contributed by atoms with Gasteiger partial charge < -0.3 is 25.7 Å². The topological polar surface area (TPSA) is 106 Å². The predicted molar refractivity (Wildman–Crippen MR) is 79.1 cm³/mol. The molecule has 0 spiro atoms. The van der Waals surface area contributed by atoms with Crippen molar-refractivity contribution in [2.75, 3.05) is 48.3 Å². The third kappa shape index (κ3) is 4.78. The molecule has 4 N–H and O–H groups in total. The molecule has 114 valence electrons. The Hall–Kier alpha value is -1.67. The van der Waals surface area contributed by atoms with Crippen LogP contribution < -0.4 is 15.5 Å². The standard InChI is InChI=1S/C12H24N6O2/c1-4-13-10-15-11(14-7-9(20)8-19)17-12(16-10)18(5-2)6-3/h9,19-20H,4-8H2,1-3H3,(H2,13,14,15,16,17). The van der Waals surface area contributed by atoms with Crippen LogP contribution in [0.25, 0.3) is 0 Å². The summed E-state index contributed by atoms with van der Waals surface area (Å²) in [6, 6.07) is 0. The summed E-state index contributed by atoms with van der Waals surface area (Å²) in [6.45, 7) is 8.20. The third-order valence-corrected chi connectivity index (χ3v) is 2.71. The summed E-state index contributed by atoms with van der Waals surface area (Å²) in [4.78, 5) is 14.9. The Balaban J connectivity index is 2.91. The largest absolute Gasteiger partial charge is 0.394 e. The molecule has 0 fully saturated rings. The molecule has 1 heterocycles. The summed E-state index contributed by atoms with van der Waals surface area (Å²) >= 11 is 0. The molecule has 0 aromatic carbocycles. The van der Waals surface area contributed by atoms with Crippen molar-refractivity contribution >= 4 is 17.8 Å². The second kappa shape index (κ2) is 8.49. The van der Waals surface area contributed by atoms with Crippen LogP contribution in [-0.4, -0.2) is 64.1 Å². The normalized spacial score (nSPS) is 12.1. The van der Waals surface area contributed by atoms with Crippen LogP contribution >= 0.6 is 0 Å². The van der Waals surface area contributed by atoms with Gasteiger partial charge in [0.05, 0.1) is 12.7 Å². The summed E-state index contributed by atoms with van der Waals surface area (Å²) in [6.07, 6.45) is -0.841. The zero-order chi connectivity index (χ0) is 15.0. The van der Waals surface area contributed by atoms with Gasteiger partial charge in [0, 0.05) is 26.2 Å². The first kappa shape index (κ1) is 16.4. The average Bonchev–Trinajstić information content (AvgIpc) is 2.46. The van der Waals surface area contributed by atoms with Crippen molar-refractivity contribution in [1.29, 1.82) is 0 Å². The molecule has 1 aromatic rings. The highest BCUT2D eigenvalue weighted by Crippen LogP contribution is 2.13. The fourth-order valence-corrected chi connectivity index (χ4v) is 1.60. The highest BCUT2D eigenvalue weighted by Gasteiger charge is 2.11. The maximum Gasteiger partial charge on any atom is 0.231 e. The number of aliphatic hydroxyl groups excluding tert-OH is 2. The quantitative estimate of drug-likeness (QED) is 0.499.